The van der Waals surface area contributed by atoms with Crippen LogP contribution in [0, 0.1) is 23.2 Å². The van der Waals surface area contributed by atoms with Crippen LogP contribution in [-0.2, 0) is 11.3 Å². The molecule has 1 aromatic carbocycles. The molecule has 0 N–H and O–H groups in total. The molecule has 6 heteroatoms. The summed E-state index contributed by atoms with van der Waals surface area (Å²) in [5, 5.41) is 1.39. The maximum absolute atomic E-state index is 14.2. The Morgan fingerprint density at radius 1 is 1.10 bits per heavy atom. The van der Waals surface area contributed by atoms with Gasteiger partial charge in [-0.2, -0.15) is 0 Å². The average molecular weight is 438 g/mol. The summed E-state index contributed by atoms with van der Waals surface area (Å²) in [5.74, 6) is 2.45. The van der Waals surface area contributed by atoms with Gasteiger partial charge in [-0.1, -0.05) is 35.1 Å². The number of anilines is 1. The van der Waals surface area contributed by atoms with Crippen molar-refractivity contribution in [2.45, 2.75) is 45.1 Å². The number of carbonyl (C=O) groups excluding carboxylic acids is 1. The van der Waals surface area contributed by atoms with Gasteiger partial charge >= 0.3 is 0 Å². The van der Waals surface area contributed by atoms with Gasteiger partial charge < -0.3 is 0 Å². The van der Waals surface area contributed by atoms with Crippen LogP contribution < -0.4 is 4.90 Å². The number of amides is 1. The maximum Gasteiger partial charge on any atom is 0.235 e. The molecule has 7 rings (SSSR count). The lowest BCUT2D eigenvalue weighted by atomic mass is 9.49. The first-order valence-corrected chi connectivity index (χ1v) is 12.0. The van der Waals surface area contributed by atoms with Crippen molar-refractivity contribution in [1.82, 2.24) is 9.97 Å². The molecule has 4 aliphatic carbocycles. The summed E-state index contributed by atoms with van der Waals surface area (Å²) < 4.78 is 1.02. The molecular weight excluding hydrogens is 414 g/mol. The Morgan fingerprint density at radius 2 is 1.83 bits per heavy atom. The Kier molecular flexibility index (Phi) is 4.40. The fraction of sp³-hybridized carbons (Fsp3) is 0.458. The lowest BCUT2D eigenvalue weighted by Crippen LogP contribution is -2.54. The van der Waals surface area contributed by atoms with Gasteiger partial charge in [0.05, 0.1) is 21.7 Å². The number of nitrogens with zero attached hydrogens (tertiary/aromatic N) is 3. The molecular formula is C24H24ClN3OS. The summed E-state index contributed by atoms with van der Waals surface area (Å²) in [5.41, 5.74) is 1.60. The zero-order chi connectivity index (χ0) is 20.3. The molecule has 3 aromatic rings. The Morgan fingerprint density at radius 3 is 2.47 bits per heavy atom. The molecule has 1 amide bonds. The second-order valence-electron chi connectivity index (χ2n) is 9.53. The van der Waals surface area contributed by atoms with E-state index in [1.165, 1.54) is 19.3 Å². The van der Waals surface area contributed by atoms with Crippen molar-refractivity contribution in [3.05, 3.63) is 53.3 Å². The van der Waals surface area contributed by atoms with Crippen LogP contribution in [0.15, 0.2) is 42.7 Å². The van der Waals surface area contributed by atoms with Gasteiger partial charge in [-0.3, -0.25) is 14.7 Å². The van der Waals surface area contributed by atoms with Crippen molar-refractivity contribution in [2.75, 3.05) is 4.90 Å². The third-order valence-corrected chi connectivity index (χ3v) is 8.74. The molecule has 4 nitrogen and oxygen atoms in total. The number of fused-ring (bicyclic) bond motifs is 1. The van der Waals surface area contributed by atoms with E-state index < -0.39 is 0 Å². The van der Waals surface area contributed by atoms with Crippen LogP contribution in [0.25, 0.3) is 10.2 Å². The van der Waals surface area contributed by atoms with Crippen molar-refractivity contribution >= 4 is 44.2 Å². The highest BCUT2D eigenvalue weighted by Crippen LogP contribution is 2.61. The first-order valence-electron chi connectivity index (χ1n) is 10.9. The molecule has 2 heterocycles. The molecule has 2 aromatic heterocycles. The zero-order valence-corrected chi connectivity index (χ0v) is 18.3. The largest absolute Gasteiger partial charge is 0.283 e. The van der Waals surface area contributed by atoms with Crippen molar-refractivity contribution in [1.29, 1.82) is 0 Å². The van der Waals surface area contributed by atoms with Crippen LogP contribution in [0.4, 0.5) is 5.13 Å². The van der Waals surface area contributed by atoms with Crippen LogP contribution in [0.2, 0.25) is 5.02 Å². The normalized spacial score (nSPS) is 29.4. The van der Waals surface area contributed by atoms with Crippen LogP contribution >= 0.6 is 22.9 Å². The summed E-state index contributed by atoms with van der Waals surface area (Å²) in [4.78, 5) is 25.2. The highest BCUT2D eigenvalue weighted by atomic mass is 35.5. The first-order chi connectivity index (χ1) is 14.6. The molecule has 0 unspecified atom stereocenters. The van der Waals surface area contributed by atoms with Crippen molar-refractivity contribution in [3.63, 3.8) is 0 Å². The van der Waals surface area contributed by atoms with Crippen LogP contribution in [0.1, 0.15) is 44.1 Å². The molecule has 0 spiro atoms. The highest BCUT2D eigenvalue weighted by Gasteiger charge is 2.56. The fourth-order valence-corrected chi connectivity index (χ4v) is 7.84. The molecule has 0 aliphatic heterocycles. The standard InChI is InChI=1S/C24H24ClN3OS/c25-19-4-1-5-20-21(19)27-23(30-20)28(14-15-3-2-6-26-13-15)22(29)24-10-16-7-17(11-24)9-18(8-16)12-24/h1-6,13,16-18H,7-12,14H2. The topological polar surface area (TPSA) is 46.1 Å². The SMILES string of the molecule is O=C(N(Cc1cccnc1)c1nc2c(Cl)cccc2s1)C12CC3CC(CC(C3)C1)C2. The molecule has 154 valence electrons. The summed E-state index contributed by atoms with van der Waals surface area (Å²) in [6.45, 7) is 0.506. The lowest BCUT2D eigenvalue weighted by molar-refractivity contribution is -0.143. The summed E-state index contributed by atoms with van der Waals surface area (Å²) in [6, 6.07) is 9.80. The Bertz CT molecular complexity index is 1080. The Labute approximate surface area is 185 Å². The minimum Gasteiger partial charge on any atom is -0.283 e. The molecule has 0 saturated heterocycles. The zero-order valence-electron chi connectivity index (χ0n) is 16.8. The number of benzene rings is 1. The lowest BCUT2D eigenvalue weighted by Gasteiger charge is -2.56. The smallest absolute Gasteiger partial charge is 0.235 e. The van der Waals surface area contributed by atoms with Gasteiger partial charge in [-0.25, -0.2) is 4.98 Å². The van der Waals surface area contributed by atoms with E-state index in [9.17, 15) is 4.79 Å². The number of para-hydroxylation sites is 1. The van der Waals surface area contributed by atoms with Crippen LogP contribution in [-0.4, -0.2) is 15.9 Å². The molecule has 4 fully saturated rings. The monoisotopic (exact) mass is 437 g/mol. The third kappa shape index (κ3) is 3.05. The number of carbonyl (C=O) groups is 1. The Balaban J connectivity index is 1.42. The molecule has 0 radical (unpaired) electrons. The van der Waals surface area contributed by atoms with E-state index in [1.807, 2.05) is 41.4 Å². The minimum atomic E-state index is -0.210. The van der Waals surface area contributed by atoms with Crippen molar-refractivity contribution in [2.24, 2.45) is 23.2 Å². The number of hydrogen-bond acceptors (Lipinski definition) is 4. The molecule has 4 saturated carbocycles. The number of halogens is 1. The highest BCUT2D eigenvalue weighted by molar-refractivity contribution is 7.22. The van der Waals surface area contributed by atoms with Gasteiger partial charge in [-0.05, 0) is 80.0 Å². The van der Waals surface area contributed by atoms with Crippen molar-refractivity contribution < 1.29 is 4.79 Å². The second kappa shape index (κ2) is 7.03. The number of hydrogen-bond donors (Lipinski definition) is 0. The van der Waals surface area contributed by atoms with Gasteiger partial charge in [0.1, 0.15) is 5.52 Å². The van der Waals surface area contributed by atoms with Crippen LogP contribution in [0.5, 0.6) is 0 Å². The van der Waals surface area contributed by atoms with Crippen molar-refractivity contribution in [3.8, 4) is 0 Å². The van der Waals surface area contributed by atoms with E-state index in [2.05, 4.69) is 4.98 Å². The van der Waals surface area contributed by atoms with E-state index >= 15 is 0 Å². The molecule has 30 heavy (non-hydrogen) atoms. The third-order valence-electron chi connectivity index (χ3n) is 7.39. The summed E-state index contributed by atoms with van der Waals surface area (Å²) in [7, 11) is 0. The predicted molar refractivity (Wildman–Crippen MR) is 121 cm³/mol. The summed E-state index contributed by atoms with van der Waals surface area (Å²) >= 11 is 7.96. The number of rotatable bonds is 4. The van der Waals surface area contributed by atoms with Crippen LogP contribution in [0.3, 0.4) is 0 Å². The van der Waals surface area contributed by atoms with E-state index in [0.717, 1.165) is 57.9 Å². The molecule has 0 atom stereocenters. The van der Waals surface area contributed by atoms with E-state index in [4.69, 9.17) is 16.6 Å². The second-order valence-corrected chi connectivity index (χ2v) is 10.9. The quantitative estimate of drug-likeness (QED) is 0.495. The van der Waals surface area contributed by atoms with E-state index in [1.54, 1.807) is 17.5 Å². The molecule has 4 aliphatic rings. The average Bonchev–Trinajstić information content (AvgIpc) is 3.17. The van der Waals surface area contributed by atoms with E-state index in [-0.39, 0.29) is 11.3 Å². The van der Waals surface area contributed by atoms with Gasteiger partial charge in [0, 0.05) is 12.4 Å². The van der Waals surface area contributed by atoms with Gasteiger partial charge in [0.25, 0.3) is 0 Å². The number of thiazole rings is 1. The first kappa shape index (κ1) is 18.8. The predicted octanol–water partition coefficient (Wildman–Crippen LogP) is 6.09. The van der Waals surface area contributed by atoms with Gasteiger partial charge in [0.2, 0.25) is 5.91 Å². The minimum absolute atomic E-state index is 0.210. The summed E-state index contributed by atoms with van der Waals surface area (Å²) in [6.07, 6.45) is 10.7. The Hall–Kier alpha value is -1.98. The van der Waals surface area contributed by atoms with Gasteiger partial charge in [0.15, 0.2) is 5.13 Å². The number of aromatic nitrogens is 2. The van der Waals surface area contributed by atoms with Gasteiger partial charge in [-0.15, -0.1) is 0 Å². The maximum atomic E-state index is 14.2. The number of pyridine rings is 1. The molecule has 4 bridgehead atoms. The fourth-order valence-electron chi connectivity index (χ4n) is 6.58. The van der Waals surface area contributed by atoms with E-state index in [0.29, 0.717) is 11.6 Å².